The van der Waals surface area contributed by atoms with E-state index >= 15 is 0 Å². The second-order valence-corrected chi connectivity index (χ2v) is 8.90. The Morgan fingerprint density at radius 1 is 1.00 bits per heavy atom. The van der Waals surface area contributed by atoms with Gasteiger partial charge in [0.25, 0.3) is 0 Å². The second kappa shape index (κ2) is 6.41. The molecule has 2 aromatic heterocycles. The van der Waals surface area contributed by atoms with E-state index in [9.17, 15) is 8.42 Å². The predicted molar refractivity (Wildman–Crippen MR) is 108 cm³/mol. The number of ether oxygens (including phenoxy) is 1. The molecule has 0 aliphatic rings. The van der Waals surface area contributed by atoms with Gasteiger partial charge in [0.1, 0.15) is 11.6 Å². The van der Waals surface area contributed by atoms with Crippen LogP contribution < -0.4 is 4.74 Å². The molecule has 0 saturated carbocycles. The number of benzene rings is 2. The maximum absolute atomic E-state index is 11.9. The van der Waals surface area contributed by atoms with Crippen molar-refractivity contribution in [1.82, 2.24) is 9.38 Å². The molecule has 138 valence electrons. The number of imidazole rings is 1. The van der Waals surface area contributed by atoms with Crippen molar-refractivity contribution < 1.29 is 13.2 Å². The van der Waals surface area contributed by atoms with Gasteiger partial charge in [0.15, 0.2) is 15.0 Å². The number of pyridine rings is 1. The molecule has 0 bridgehead atoms. The van der Waals surface area contributed by atoms with Crippen LogP contribution in [0.25, 0.3) is 27.8 Å². The van der Waals surface area contributed by atoms with Gasteiger partial charge < -0.3 is 4.74 Å². The third-order valence-corrected chi connectivity index (χ3v) is 6.08. The first-order valence-corrected chi connectivity index (χ1v) is 10.6. The van der Waals surface area contributed by atoms with Crippen molar-refractivity contribution in [2.45, 2.75) is 4.90 Å². The minimum Gasteiger partial charge on any atom is -0.497 e. The number of hydrogen-bond acceptors (Lipinski definition) is 4. The molecule has 0 amide bonds. The van der Waals surface area contributed by atoms with Crippen LogP contribution in [0.3, 0.4) is 0 Å². The summed E-state index contributed by atoms with van der Waals surface area (Å²) in [7, 11) is -1.75. The lowest BCUT2D eigenvalue weighted by atomic mass is 10.1. The molecule has 0 saturated heterocycles. The Bertz CT molecular complexity index is 1300. The van der Waals surface area contributed by atoms with Crippen LogP contribution in [0.2, 0.25) is 10.2 Å². The highest BCUT2D eigenvalue weighted by atomic mass is 35.5. The maximum atomic E-state index is 11.9. The molecule has 27 heavy (non-hydrogen) atoms. The number of methoxy groups -OCH3 is 1. The highest BCUT2D eigenvalue weighted by molar-refractivity contribution is 7.90. The van der Waals surface area contributed by atoms with Crippen molar-refractivity contribution in [3.63, 3.8) is 0 Å². The van der Waals surface area contributed by atoms with E-state index < -0.39 is 9.84 Å². The van der Waals surface area contributed by atoms with Crippen LogP contribution in [0, 0.1) is 0 Å². The first-order chi connectivity index (χ1) is 12.8. The maximum Gasteiger partial charge on any atom is 0.175 e. The highest BCUT2D eigenvalue weighted by Gasteiger charge is 2.18. The molecule has 0 unspecified atom stereocenters. The molecule has 2 aromatic carbocycles. The Morgan fingerprint density at radius 2 is 1.70 bits per heavy atom. The SMILES string of the molecule is COc1ccc(-c2nc(Cl)c3cc(Cl)c4cc(S(C)(=O)=O)ccc4n23)cc1. The standard InChI is InChI=1S/C19H14Cl2N2O3S/c1-26-12-5-3-11(4-6-12)19-22-18(21)17-10-15(20)14-9-13(27(2,24)25)7-8-16(14)23(17)19/h3-10H,1-2H3. The van der Waals surface area contributed by atoms with Crippen LogP contribution in [0.1, 0.15) is 0 Å². The summed E-state index contributed by atoms with van der Waals surface area (Å²) in [6.07, 6.45) is 1.16. The fraction of sp³-hybridized carbons (Fsp3) is 0.105. The molecule has 2 heterocycles. The highest BCUT2D eigenvalue weighted by Crippen LogP contribution is 2.35. The van der Waals surface area contributed by atoms with Crippen molar-refractivity contribution in [2.24, 2.45) is 0 Å². The van der Waals surface area contributed by atoms with E-state index in [1.165, 1.54) is 0 Å². The van der Waals surface area contributed by atoms with Gasteiger partial charge in [0.2, 0.25) is 0 Å². The number of halogens is 2. The lowest BCUT2D eigenvalue weighted by Crippen LogP contribution is -1.99. The zero-order valence-corrected chi connectivity index (χ0v) is 16.7. The molecule has 4 rings (SSSR count). The smallest absolute Gasteiger partial charge is 0.175 e. The molecular formula is C19H14Cl2N2O3S. The molecule has 0 aliphatic heterocycles. The second-order valence-electron chi connectivity index (χ2n) is 6.12. The average Bonchev–Trinajstić information content (AvgIpc) is 2.97. The monoisotopic (exact) mass is 420 g/mol. The van der Waals surface area contributed by atoms with Gasteiger partial charge in [0.05, 0.1) is 28.1 Å². The van der Waals surface area contributed by atoms with Gasteiger partial charge in [-0.25, -0.2) is 13.4 Å². The molecule has 0 fully saturated rings. The van der Waals surface area contributed by atoms with Crippen molar-refractivity contribution >= 4 is 49.5 Å². The summed E-state index contributed by atoms with van der Waals surface area (Å²) < 4.78 is 30.9. The predicted octanol–water partition coefficient (Wildman–Crippen LogP) is 4.87. The van der Waals surface area contributed by atoms with E-state index in [-0.39, 0.29) is 4.90 Å². The quantitative estimate of drug-likeness (QED) is 0.474. The fourth-order valence-electron chi connectivity index (χ4n) is 3.04. The number of fused-ring (bicyclic) bond motifs is 3. The lowest BCUT2D eigenvalue weighted by Gasteiger charge is -2.10. The molecule has 5 nitrogen and oxygen atoms in total. The van der Waals surface area contributed by atoms with Gasteiger partial charge in [-0.15, -0.1) is 0 Å². The zero-order valence-electron chi connectivity index (χ0n) is 14.4. The molecule has 8 heteroatoms. The summed E-state index contributed by atoms with van der Waals surface area (Å²) >= 11 is 12.8. The minimum absolute atomic E-state index is 0.202. The number of sulfone groups is 1. The van der Waals surface area contributed by atoms with Crippen molar-refractivity contribution in [3.05, 3.63) is 58.7 Å². The van der Waals surface area contributed by atoms with Crippen molar-refractivity contribution in [1.29, 1.82) is 0 Å². The normalized spacial score (nSPS) is 12.0. The van der Waals surface area contributed by atoms with Crippen LogP contribution >= 0.6 is 23.2 Å². The first-order valence-electron chi connectivity index (χ1n) is 7.94. The van der Waals surface area contributed by atoms with E-state index in [1.807, 2.05) is 28.7 Å². The van der Waals surface area contributed by atoms with E-state index in [4.69, 9.17) is 27.9 Å². The third-order valence-electron chi connectivity index (χ3n) is 4.37. The Morgan fingerprint density at radius 3 is 2.33 bits per heavy atom. The zero-order chi connectivity index (χ0) is 19.3. The molecule has 0 radical (unpaired) electrons. The lowest BCUT2D eigenvalue weighted by molar-refractivity contribution is 0.415. The van der Waals surface area contributed by atoms with Gasteiger partial charge in [0, 0.05) is 17.2 Å². The van der Waals surface area contributed by atoms with E-state index in [2.05, 4.69) is 4.98 Å². The Kier molecular flexibility index (Phi) is 4.29. The summed E-state index contributed by atoms with van der Waals surface area (Å²) in [5, 5.41) is 1.33. The molecule has 0 atom stereocenters. The molecule has 4 aromatic rings. The Balaban J connectivity index is 2.07. The Labute approximate surface area is 166 Å². The van der Waals surface area contributed by atoms with Gasteiger partial charge >= 0.3 is 0 Å². The van der Waals surface area contributed by atoms with E-state index in [1.54, 1.807) is 31.4 Å². The van der Waals surface area contributed by atoms with Crippen molar-refractivity contribution in [2.75, 3.05) is 13.4 Å². The number of aromatic nitrogens is 2. The third kappa shape index (κ3) is 3.04. The summed E-state index contributed by atoms with van der Waals surface area (Å²) in [4.78, 5) is 4.69. The van der Waals surface area contributed by atoms with Gasteiger partial charge in [-0.1, -0.05) is 23.2 Å². The summed E-state index contributed by atoms with van der Waals surface area (Å²) in [6.45, 7) is 0. The summed E-state index contributed by atoms with van der Waals surface area (Å²) in [6, 6.07) is 14.0. The van der Waals surface area contributed by atoms with Gasteiger partial charge in [-0.05, 0) is 48.5 Å². The summed E-state index contributed by atoms with van der Waals surface area (Å²) in [5.41, 5.74) is 2.20. The average molecular weight is 421 g/mol. The van der Waals surface area contributed by atoms with E-state index in [0.29, 0.717) is 26.9 Å². The number of rotatable bonds is 3. The van der Waals surface area contributed by atoms with Crippen molar-refractivity contribution in [3.8, 4) is 17.1 Å². The topological polar surface area (TPSA) is 60.7 Å². The minimum atomic E-state index is -3.35. The van der Waals surface area contributed by atoms with Gasteiger partial charge in [-0.2, -0.15) is 0 Å². The first kappa shape index (κ1) is 18.1. The van der Waals surface area contributed by atoms with Crippen LogP contribution in [0.5, 0.6) is 5.75 Å². The van der Waals surface area contributed by atoms with Crippen LogP contribution in [-0.2, 0) is 9.84 Å². The van der Waals surface area contributed by atoms with Crippen LogP contribution in [0.4, 0.5) is 0 Å². The number of hydrogen-bond donors (Lipinski definition) is 0. The number of nitrogens with zero attached hydrogens (tertiary/aromatic N) is 2. The van der Waals surface area contributed by atoms with Crippen LogP contribution in [0.15, 0.2) is 53.4 Å². The molecule has 0 aliphatic carbocycles. The van der Waals surface area contributed by atoms with Crippen LogP contribution in [-0.4, -0.2) is 31.2 Å². The fourth-order valence-corrected chi connectivity index (χ4v) is 4.16. The summed E-state index contributed by atoms with van der Waals surface area (Å²) in [5.74, 6) is 1.36. The molecule has 0 N–H and O–H groups in total. The Hall–Kier alpha value is -2.28. The molecular weight excluding hydrogens is 407 g/mol. The van der Waals surface area contributed by atoms with E-state index in [0.717, 1.165) is 23.1 Å². The van der Waals surface area contributed by atoms with Gasteiger partial charge in [-0.3, -0.25) is 4.40 Å². The largest absolute Gasteiger partial charge is 0.497 e. The molecule has 0 spiro atoms.